The number of hydrogen-bond acceptors (Lipinski definition) is 7. The summed E-state index contributed by atoms with van der Waals surface area (Å²) >= 11 is 0. The van der Waals surface area contributed by atoms with E-state index in [1.807, 2.05) is 0 Å². The second kappa shape index (κ2) is 35.1. The molecule has 0 aliphatic carbocycles. The SMILES string of the molecule is CCCCCC/C=C/CCCCCCCCCC(=O)OCC(COCCC(C(=O)[O-])[N+](C)(C)C)OC(=O)CCCCCCCCCCCCCC. The summed E-state index contributed by atoms with van der Waals surface area (Å²) in [5.74, 6) is -1.73. The van der Waals surface area contributed by atoms with Crippen LogP contribution >= 0.6 is 0 Å². The Morgan fingerprint density at radius 1 is 0.569 bits per heavy atom. The van der Waals surface area contributed by atoms with Crippen molar-refractivity contribution in [2.75, 3.05) is 41.0 Å². The fourth-order valence-electron chi connectivity index (χ4n) is 6.30. The third kappa shape index (κ3) is 33.6. The molecule has 0 aromatic heterocycles. The van der Waals surface area contributed by atoms with Gasteiger partial charge in [-0.15, -0.1) is 0 Å². The summed E-state index contributed by atoms with van der Waals surface area (Å²) in [6.07, 6.45) is 35.1. The van der Waals surface area contributed by atoms with Gasteiger partial charge in [-0.25, -0.2) is 0 Å². The third-order valence-corrected chi connectivity index (χ3v) is 9.65. The van der Waals surface area contributed by atoms with Gasteiger partial charge in [0.15, 0.2) is 6.10 Å². The average Bonchev–Trinajstić information content (AvgIpc) is 3.08. The van der Waals surface area contributed by atoms with E-state index in [0.717, 1.165) is 38.5 Å². The van der Waals surface area contributed by atoms with Gasteiger partial charge in [-0.3, -0.25) is 9.59 Å². The predicted octanol–water partition coefficient (Wildman–Crippen LogP) is 9.80. The van der Waals surface area contributed by atoms with Crippen molar-refractivity contribution < 1.29 is 38.2 Å². The molecule has 0 rings (SSSR count). The van der Waals surface area contributed by atoms with E-state index in [1.165, 1.54) is 122 Å². The van der Waals surface area contributed by atoms with Crippen LogP contribution in [-0.2, 0) is 28.6 Å². The van der Waals surface area contributed by atoms with Gasteiger partial charge in [0.25, 0.3) is 0 Å². The Morgan fingerprint density at radius 2 is 0.980 bits per heavy atom. The van der Waals surface area contributed by atoms with Crippen LogP contribution in [0.3, 0.4) is 0 Å². The third-order valence-electron chi connectivity index (χ3n) is 9.65. The zero-order valence-electron chi connectivity index (χ0n) is 34.0. The number of aliphatic carboxylic acids is 1. The van der Waals surface area contributed by atoms with Gasteiger partial charge in [0.1, 0.15) is 12.6 Å². The van der Waals surface area contributed by atoms with Crippen LogP contribution in [0.25, 0.3) is 0 Å². The van der Waals surface area contributed by atoms with Gasteiger partial charge < -0.3 is 28.6 Å². The molecular formula is C43H81NO7. The van der Waals surface area contributed by atoms with Crippen molar-refractivity contribution in [1.29, 1.82) is 0 Å². The van der Waals surface area contributed by atoms with Gasteiger partial charge in [-0.1, -0.05) is 148 Å². The Hall–Kier alpha value is -1.93. The molecule has 0 saturated heterocycles. The molecule has 0 bridgehead atoms. The lowest BCUT2D eigenvalue weighted by molar-refractivity contribution is -0.889. The Labute approximate surface area is 314 Å². The van der Waals surface area contributed by atoms with Crippen LogP contribution in [0, 0.1) is 0 Å². The number of likely N-dealkylation sites (N-methyl/N-ethyl adjacent to an activating group) is 1. The van der Waals surface area contributed by atoms with E-state index >= 15 is 0 Å². The number of esters is 2. The van der Waals surface area contributed by atoms with Crippen LogP contribution in [-0.4, -0.2) is 75.5 Å². The monoisotopic (exact) mass is 724 g/mol. The van der Waals surface area contributed by atoms with Crippen LogP contribution in [0.5, 0.6) is 0 Å². The second-order valence-corrected chi connectivity index (χ2v) is 15.6. The molecule has 0 fully saturated rings. The summed E-state index contributed by atoms with van der Waals surface area (Å²) in [5, 5.41) is 11.6. The molecular weight excluding hydrogens is 642 g/mol. The van der Waals surface area contributed by atoms with Crippen molar-refractivity contribution in [3.8, 4) is 0 Å². The van der Waals surface area contributed by atoms with Gasteiger partial charge in [0.05, 0.1) is 40.3 Å². The molecule has 0 saturated carbocycles. The number of carboxylic acids is 1. The zero-order valence-corrected chi connectivity index (χ0v) is 34.0. The number of carbonyl (C=O) groups is 3. The summed E-state index contributed by atoms with van der Waals surface area (Å²) in [4.78, 5) is 36.7. The van der Waals surface area contributed by atoms with E-state index in [4.69, 9.17) is 14.2 Å². The number of carbonyl (C=O) groups excluding carboxylic acids is 3. The fourth-order valence-corrected chi connectivity index (χ4v) is 6.30. The maximum absolute atomic E-state index is 12.7. The van der Waals surface area contributed by atoms with Gasteiger partial charge in [0, 0.05) is 19.3 Å². The number of rotatable bonds is 38. The first-order chi connectivity index (χ1) is 24.6. The Morgan fingerprint density at radius 3 is 1.43 bits per heavy atom. The number of unbranched alkanes of at least 4 members (excludes halogenated alkanes) is 22. The molecule has 2 unspecified atom stereocenters. The highest BCUT2D eigenvalue weighted by molar-refractivity contribution is 5.70. The molecule has 300 valence electrons. The van der Waals surface area contributed by atoms with Crippen molar-refractivity contribution in [3.63, 3.8) is 0 Å². The summed E-state index contributed by atoms with van der Waals surface area (Å²) in [6.45, 7) is 4.65. The number of quaternary nitrogens is 1. The van der Waals surface area contributed by atoms with Crippen LogP contribution in [0.4, 0.5) is 0 Å². The number of nitrogens with zero attached hydrogens (tertiary/aromatic N) is 1. The molecule has 0 aliphatic rings. The summed E-state index contributed by atoms with van der Waals surface area (Å²) in [5.41, 5.74) is 0. The molecule has 0 spiro atoms. The van der Waals surface area contributed by atoms with Crippen molar-refractivity contribution >= 4 is 17.9 Å². The lowest BCUT2D eigenvalue weighted by atomic mass is 10.0. The van der Waals surface area contributed by atoms with Crippen molar-refractivity contribution in [1.82, 2.24) is 0 Å². The number of allylic oxidation sites excluding steroid dienone is 2. The lowest BCUT2D eigenvalue weighted by Crippen LogP contribution is -2.55. The van der Waals surface area contributed by atoms with Gasteiger partial charge in [0.2, 0.25) is 0 Å². The van der Waals surface area contributed by atoms with E-state index in [2.05, 4.69) is 26.0 Å². The molecule has 2 atom stereocenters. The second-order valence-electron chi connectivity index (χ2n) is 15.6. The first-order valence-electron chi connectivity index (χ1n) is 21.2. The highest BCUT2D eigenvalue weighted by Gasteiger charge is 2.25. The molecule has 0 radical (unpaired) electrons. The van der Waals surface area contributed by atoms with E-state index in [0.29, 0.717) is 12.8 Å². The molecule has 0 aromatic rings. The van der Waals surface area contributed by atoms with E-state index in [-0.39, 0.29) is 42.7 Å². The minimum absolute atomic E-state index is 0.0448. The number of ether oxygens (including phenoxy) is 3. The van der Waals surface area contributed by atoms with Crippen molar-refractivity contribution in [3.05, 3.63) is 12.2 Å². The van der Waals surface area contributed by atoms with Gasteiger partial charge >= 0.3 is 11.9 Å². The molecule has 8 heteroatoms. The minimum atomic E-state index is -1.12. The summed E-state index contributed by atoms with van der Waals surface area (Å²) in [7, 11) is 5.41. The first kappa shape index (κ1) is 49.1. The molecule has 0 amide bonds. The zero-order chi connectivity index (χ0) is 37.8. The van der Waals surface area contributed by atoms with Crippen molar-refractivity contribution in [2.24, 2.45) is 0 Å². The molecule has 0 heterocycles. The number of hydrogen-bond donors (Lipinski definition) is 0. The first-order valence-corrected chi connectivity index (χ1v) is 21.2. The van der Waals surface area contributed by atoms with Crippen LogP contribution in [0.2, 0.25) is 0 Å². The molecule has 0 aromatic carbocycles. The van der Waals surface area contributed by atoms with E-state index in [1.54, 1.807) is 21.1 Å². The maximum Gasteiger partial charge on any atom is 0.306 e. The fraction of sp³-hybridized carbons (Fsp3) is 0.884. The standard InChI is InChI=1S/C43H81NO7/c1-6-8-10-12-14-16-18-20-21-22-24-25-27-29-31-33-41(45)50-38-39(37-49-36-35-40(43(47)48)44(3,4)5)51-42(46)34-32-30-28-26-23-19-17-15-13-11-9-7-2/h16,18,39-40H,6-15,17,19-38H2,1-5H3/b18-16+. The Kier molecular flexibility index (Phi) is 33.8. The quantitative estimate of drug-likeness (QED) is 0.0271. The smallest absolute Gasteiger partial charge is 0.306 e. The summed E-state index contributed by atoms with van der Waals surface area (Å²) < 4.78 is 17.1. The maximum atomic E-state index is 12.7. The Bertz CT molecular complexity index is 854. The Balaban J connectivity index is 4.34. The van der Waals surface area contributed by atoms with Crippen LogP contribution < -0.4 is 5.11 Å². The largest absolute Gasteiger partial charge is 0.544 e. The average molecular weight is 724 g/mol. The topological polar surface area (TPSA) is 102 Å². The van der Waals surface area contributed by atoms with Crippen LogP contribution in [0.1, 0.15) is 194 Å². The predicted molar refractivity (Wildman–Crippen MR) is 208 cm³/mol. The van der Waals surface area contributed by atoms with Crippen molar-refractivity contribution in [2.45, 2.75) is 206 Å². The van der Waals surface area contributed by atoms with E-state index in [9.17, 15) is 19.5 Å². The highest BCUT2D eigenvalue weighted by Crippen LogP contribution is 2.15. The molecule has 51 heavy (non-hydrogen) atoms. The molecule has 8 nitrogen and oxygen atoms in total. The minimum Gasteiger partial charge on any atom is -0.544 e. The van der Waals surface area contributed by atoms with Gasteiger partial charge in [-0.2, -0.15) is 0 Å². The molecule has 0 N–H and O–H groups in total. The normalized spacial score (nSPS) is 13.0. The van der Waals surface area contributed by atoms with Gasteiger partial charge in [-0.05, 0) is 38.5 Å². The lowest BCUT2D eigenvalue weighted by Gasteiger charge is -2.34. The van der Waals surface area contributed by atoms with Crippen LogP contribution in [0.15, 0.2) is 12.2 Å². The summed E-state index contributed by atoms with van der Waals surface area (Å²) in [6, 6.07) is -0.721. The number of carboxylic acid groups (broad SMARTS) is 1. The molecule has 0 aliphatic heterocycles. The van der Waals surface area contributed by atoms with E-state index < -0.39 is 18.1 Å². The highest BCUT2D eigenvalue weighted by atomic mass is 16.6.